The van der Waals surface area contributed by atoms with E-state index in [9.17, 15) is 14.0 Å². The number of nitrogens with zero attached hydrogens (tertiary/aromatic N) is 3. The third kappa shape index (κ3) is 5.30. The van der Waals surface area contributed by atoms with Crippen molar-refractivity contribution >= 4 is 41.0 Å². The van der Waals surface area contributed by atoms with Gasteiger partial charge >= 0.3 is 0 Å². The van der Waals surface area contributed by atoms with Gasteiger partial charge < -0.3 is 5.32 Å². The Hall–Kier alpha value is -2.84. The van der Waals surface area contributed by atoms with Gasteiger partial charge in [-0.1, -0.05) is 63.6 Å². The maximum Gasteiger partial charge on any atom is 0.240 e. The second-order valence-corrected chi connectivity index (χ2v) is 11.3. The Morgan fingerprint density at radius 2 is 1.89 bits per heavy atom. The largest absolute Gasteiger partial charge is 0.355 e. The maximum atomic E-state index is 13.8. The smallest absolute Gasteiger partial charge is 0.240 e. The van der Waals surface area contributed by atoms with Crippen molar-refractivity contribution in [3.63, 3.8) is 0 Å². The van der Waals surface area contributed by atoms with E-state index < -0.39 is 0 Å². The lowest BCUT2D eigenvalue weighted by Gasteiger charge is -2.24. The number of amides is 2. The molecule has 0 radical (unpaired) electrons. The average Bonchev–Trinajstić information content (AvgIpc) is 3.17. The van der Waals surface area contributed by atoms with Gasteiger partial charge in [0.25, 0.3) is 0 Å². The lowest BCUT2D eigenvalue weighted by Crippen LogP contribution is -2.42. The van der Waals surface area contributed by atoms with E-state index in [0.29, 0.717) is 23.1 Å². The van der Waals surface area contributed by atoms with Crippen molar-refractivity contribution in [3.05, 3.63) is 76.2 Å². The molecule has 0 saturated heterocycles. The van der Waals surface area contributed by atoms with Gasteiger partial charge in [0.2, 0.25) is 11.8 Å². The van der Waals surface area contributed by atoms with Crippen LogP contribution in [0.1, 0.15) is 56.2 Å². The highest BCUT2D eigenvalue weighted by Crippen LogP contribution is 2.48. The van der Waals surface area contributed by atoms with Crippen LogP contribution in [0.25, 0.3) is 5.69 Å². The van der Waals surface area contributed by atoms with Crippen LogP contribution in [0.5, 0.6) is 0 Å². The number of aromatic nitrogens is 2. The van der Waals surface area contributed by atoms with Gasteiger partial charge in [0.15, 0.2) is 0 Å². The molecule has 2 heterocycles. The van der Waals surface area contributed by atoms with E-state index in [1.807, 2.05) is 25.1 Å². The molecule has 0 bridgehead atoms. The molecule has 2 aromatic carbocycles. The van der Waals surface area contributed by atoms with Crippen molar-refractivity contribution in [2.45, 2.75) is 44.8 Å². The Kier molecular flexibility index (Phi) is 7.76. The molecule has 0 saturated carbocycles. The summed E-state index contributed by atoms with van der Waals surface area (Å²) in [7, 11) is 0. The Morgan fingerprint density at radius 1 is 1.19 bits per heavy atom. The Balaban J connectivity index is 2.00. The molecule has 4 rings (SSSR count). The molecule has 6 nitrogen and oxygen atoms in total. The summed E-state index contributed by atoms with van der Waals surface area (Å²) in [4.78, 5) is 27.9. The molecular formula is C27H30ClFN4O2S. The van der Waals surface area contributed by atoms with Crippen LogP contribution >= 0.6 is 23.4 Å². The first-order valence-corrected chi connectivity index (χ1v) is 13.4. The molecule has 3 aromatic rings. The maximum absolute atomic E-state index is 13.8. The molecule has 1 N–H and O–H groups in total. The third-order valence-electron chi connectivity index (χ3n) is 5.93. The predicted molar refractivity (Wildman–Crippen MR) is 144 cm³/mol. The van der Waals surface area contributed by atoms with Crippen LogP contribution in [0.15, 0.2) is 48.5 Å². The monoisotopic (exact) mass is 528 g/mol. The van der Waals surface area contributed by atoms with Crippen LogP contribution in [0, 0.1) is 5.82 Å². The number of carbonyl (C=O) groups excluding carboxylic acids is 2. The molecule has 36 heavy (non-hydrogen) atoms. The SMILES string of the molecule is CCCNC(=O)CN1C(=O)CS[C@H](c2ccc(F)cc2)c2c(C(C)(C)C)nn(-c3ccccc3Cl)c21. The number of carbonyl (C=O) groups is 2. The van der Waals surface area contributed by atoms with Crippen LogP contribution in [0.4, 0.5) is 10.2 Å². The fourth-order valence-corrected chi connectivity index (χ4v) is 5.64. The van der Waals surface area contributed by atoms with Crippen LogP contribution in [0.2, 0.25) is 5.02 Å². The first kappa shape index (κ1) is 26.2. The van der Waals surface area contributed by atoms with Crippen molar-refractivity contribution < 1.29 is 14.0 Å². The number of halogens is 2. The summed E-state index contributed by atoms with van der Waals surface area (Å²) in [6, 6.07) is 13.6. The fourth-order valence-electron chi connectivity index (χ4n) is 4.23. The minimum Gasteiger partial charge on any atom is -0.355 e. The molecule has 0 spiro atoms. The lowest BCUT2D eigenvalue weighted by molar-refractivity contribution is -0.122. The van der Waals surface area contributed by atoms with E-state index >= 15 is 0 Å². The number of benzene rings is 2. The zero-order chi connectivity index (χ0) is 26.0. The summed E-state index contributed by atoms with van der Waals surface area (Å²) >= 11 is 8.06. The van der Waals surface area contributed by atoms with Crippen LogP contribution in [0.3, 0.4) is 0 Å². The zero-order valence-corrected chi connectivity index (χ0v) is 22.4. The molecule has 190 valence electrons. The van der Waals surface area contributed by atoms with Crippen molar-refractivity contribution in [3.8, 4) is 5.69 Å². The summed E-state index contributed by atoms with van der Waals surface area (Å²) in [6.07, 6.45) is 0.791. The Bertz CT molecular complexity index is 1270. The molecule has 1 aliphatic heterocycles. The van der Waals surface area contributed by atoms with E-state index in [0.717, 1.165) is 23.2 Å². The van der Waals surface area contributed by atoms with Gasteiger partial charge in [0.1, 0.15) is 18.2 Å². The van der Waals surface area contributed by atoms with Crippen molar-refractivity contribution in [1.82, 2.24) is 15.1 Å². The normalized spacial score (nSPS) is 16.0. The summed E-state index contributed by atoms with van der Waals surface area (Å²) in [5.41, 5.74) is 2.69. The van der Waals surface area contributed by atoms with Gasteiger partial charge in [0, 0.05) is 17.5 Å². The molecule has 9 heteroatoms. The molecule has 0 fully saturated rings. The van der Waals surface area contributed by atoms with Crippen LogP contribution in [-0.4, -0.2) is 40.4 Å². The average molecular weight is 529 g/mol. The van der Waals surface area contributed by atoms with Crippen molar-refractivity contribution in [2.24, 2.45) is 0 Å². The second kappa shape index (κ2) is 10.6. The number of anilines is 1. The standard InChI is InChI=1S/C27H30ClFN4O2S/c1-5-14-30-21(34)15-32-22(35)16-36-24(17-10-12-18(29)13-11-17)23-25(27(2,3)4)31-33(26(23)32)20-9-7-6-8-19(20)28/h6-13,24H,5,14-16H2,1-4H3,(H,30,34)/t24-/m1/s1. The van der Waals surface area contributed by atoms with Crippen molar-refractivity contribution in [1.29, 1.82) is 0 Å². The van der Waals surface area contributed by atoms with Gasteiger partial charge in [-0.15, -0.1) is 11.8 Å². The number of para-hydroxylation sites is 1. The second-order valence-electron chi connectivity index (χ2n) is 9.77. The van der Waals surface area contributed by atoms with E-state index in [1.54, 1.807) is 22.9 Å². The predicted octanol–water partition coefficient (Wildman–Crippen LogP) is 5.66. The van der Waals surface area contributed by atoms with E-state index in [2.05, 4.69) is 26.1 Å². The lowest BCUT2D eigenvalue weighted by atomic mass is 9.87. The molecule has 0 unspecified atom stereocenters. The molecule has 1 aliphatic rings. The highest BCUT2D eigenvalue weighted by atomic mass is 35.5. The van der Waals surface area contributed by atoms with E-state index in [1.165, 1.54) is 28.8 Å². The number of nitrogens with one attached hydrogen (secondary N) is 1. The van der Waals surface area contributed by atoms with Gasteiger partial charge in [-0.3, -0.25) is 14.5 Å². The third-order valence-corrected chi connectivity index (χ3v) is 7.50. The molecule has 1 atom stereocenters. The first-order chi connectivity index (χ1) is 17.1. The minimum atomic E-state index is -0.390. The summed E-state index contributed by atoms with van der Waals surface area (Å²) in [5.74, 6) is -0.101. The van der Waals surface area contributed by atoms with Gasteiger partial charge in [0.05, 0.1) is 27.4 Å². The minimum absolute atomic E-state index is 0.137. The summed E-state index contributed by atoms with van der Waals surface area (Å²) in [5, 5.41) is 8.05. The number of fused-ring (bicyclic) bond motifs is 1. The quantitative estimate of drug-likeness (QED) is 0.448. The van der Waals surface area contributed by atoms with Crippen LogP contribution in [-0.2, 0) is 15.0 Å². The van der Waals surface area contributed by atoms with E-state index in [-0.39, 0.29) is 40.6 Å². The first-order valence-electron chi connectivity index (χ1n) is 11.9. The molecule has 0 aliphatic carbocycles. The number of hydrogen-bond acceptors (Lipinski definition) is 4. The fraction of sp³-hybridized carbons (Fsp3) is 0.370. The zero-order valence-electron chi connectivity index (χ0n) is 20.8. The Labute approximate surface area is 220 Å². The highest BCUT2D eigenvalue weighted by molar-refractivity contribution is 8.00. The number of rotatable bonds is 6. The van der Waals surface area contributed by atoms with Gasteiger partial charge in [-0.25, -0.2) is 9.07 Å². The van der Waals surface area contributed by atoms with Crippen LogP contribution < -0.4 is 10.2 Å². The highest BCUT2D eigenvalue weighted by Gasteiger charge is 2.40. The van der Waals surface area contributed by atoms with Crippen molar-refractivity contribution in [2.75, 3.05) is 23.7 Å². The molecule has 2 amide bonds. The number of hydrogen-bond donors (Lipinski definition) is 1. The van der Waals surface area contributed by atoms with E-state index in [4.69, 9.17) is 16.7 Å². The summed E-state index contributed by atoms with van der Waals surface area (Å²) in [6.45, 7) is 8.54. The number of thioether (sulfide) groups is 1. The molecule has 1 aromatic heterocycles. The van der Waals surface area contributed by atoms with Gasteiger partial charge in [-0.05, 0) is 36.2 Å². The van der Waals surface area contributed by atoms with Gasteiger partial charge in [-0.2, -0.15) is 5.10 Å². The Morgan fingerprint density at radius 3 is 2.53 bits per heavy atom. The molecular weight excluding hydrogens is 499 g/mol. The topological polar surface area (TPSA) is 67.2 Å². The summed E-state index contributed by atoms with van der Waals surface area (Å²) < 4.78 is 15.5.